The first-order valence-corrected chi connectivity index (χ1v) is 9.03. The number of benzene rings is 2. The normalized spacial score (nSPS) is 10.8. The average molecular weight is 390 g/mol. The topological polar surface area (TPSA) is 94.4 Å². The zero-order valence-electron chi connectivity index (χ0n) is 15.7. The smallest absolute Gasteiger partial charge is 0.344 e. The van der Waals surface area contributed by atoms with Gasteiger partial charge in [-0.05, 0) is 23.7 Å². The van der Waals surface area contributed by atoms with Gasteiger partial charge in [-0.1, -0.05) is 48.5 Å². The molecule has 0 spiro atoms. The highest BCUT2D eigenvalue weighted by Gasteiger charge is 2.21. The number of fused-ring (bicyclic) bond motifs is 1. The van der Waals surface area contributed by atoms with Gasteiger partial charge in [-0.2, -0.15) is 0 Å². The van der Waals surface area contributed by atoms with Crippen molar-refractivity contribution >= 4 is 22.7 Å². The summed E-state index contributed by atoms with van der Waals surface area (Å²) in [4.78, 5) is 28.2. The first-order valence-electron chi connectivity index (χ1n) is 9.03. The summed E-state index contributed by atoms with van der Waals surface area (Å²) in [6, 6.07) is 18.6. The number of ether oxygens (including phenoxy) is 2. The molecular formula is C22H18N2O5. The lowest BCUT2D eigenvalue weighted by atomic mass is 10.0. The van der Waals surface area contributed by atoms with Crippen LogP contribution in [0.25, 0.3) is 22.2 Å². The van der Waals surface area contributed by atoms with Crippen molar-refractivity contribution in [2.24, 2.45) is 0 Å². The zero-order chi connectivity index (χ0) is 20.2. The Morgan fingerprint density at radius 3 is 2.55 bits per heavy atom. The number of rotatable bonds is 7. The lowest BCUT2D eigenvalue weighted by molar-refractivity contribution is -0.144. The summed E-state index contributed by atoms with van der Waals surface area (Å²) in [6.07, 6.45) is 0. The summed E-state index contributed by atoms with van der Waals surface area (Å²) >= 11 is 0. The monoisotopic (exact) mass is 390 g/mol. The second-order valence-electron chi connectivity index (χ2n) is 6.43. The van der Waals surface area contributed by atoms with Gasteiger partial charge in [-0.25, -0.2) is 4.79 Å². The van der Waals surface area contributed by atoms with Gasteiger partial charge in [0.25, 0.3) is 5.88 Å². The van der Waals surface area contributed by atoms with Crippen molar-refractivity contribution in [3.8, 4) is 17.1 Å². The van der Waals surface area contributed by atoms with Crippen molar-refractivity contribution in [2.45, 2.75) is 6.92 Å². The second-order valence-corrected chi connectivity index (χ2v) is 6.43. The Labute approximate surface area is 166 Å². The zero-order valence-corrected chi connectivity index (χ0v) is 15.7. The van der Waals surface area contributed by atoms with E-state index in [2.05, 4.69) is 10.1 Å². The van der Waals surface area contributed by atoms with E-state index in [4.69, 9.17) is 14.0 Å². The van der Waals surface area contributed by atoms with Crippen molar-refractivity contribution in [3.05, 3.63) is 72.0 Å². The van der Waals surface area contributed by atoms with E-state index in [0.717, 1.165) is 16.5 Å². The minimum Gasteiger partial charge on any atom is -0.463 e. The van der Waals surface area contributed by atoms with Crippen LogP contribution in [0.15, 0.2) is 65.2 Å². The quantitative estimate of drug-likeness (QED) is 0.379. The second kappa shape index (κ2) is 8.02. The van der Waals surface area contributed by atoms with Crippen LogP contribution in [0.3, 0.4) is 0 Å². The molecule has 0 aliphatic rings. The SMILES string of the molecule is Cc1cc(OCC(=O)OCC(=O)c2c(-c3ccccc3)[nH]c3ccccc23)no1. The molecule has 0 radical (unpaired) electrons. The molecule has 4 rings (SSSR count). The largest absolute Gasteiger partial charge is 0.463 e. The van der Waals surface area contributed by atoms with E-state index in [-0.39, 0.29) is 24.9 Å². The van der Waals surface area contributed by atoms with Crippen molar-refractivity contribution < 1.29 is 23.6 Å². The lowest BCUT2D eigenvalue weighted by Gasteiger charge is -2.07. The molecule has 4 aromatic rings. The molecule has 0 aliphatic carbocycles. The van der Waals surface area contributed by atoms with Crippen LogP contribution in [-0.4, -0.2) is 35.1 Å². The Morgan fingerprint density at radius 1 is 1.03 bits per heavy atom. The molecular weight excluding hydrogens is 372 g/mol. The van der Waals surface area contributed by atoms with Gasteiger partial charge in [0.1, 0.15) is 5.76 Å². The third kappa shape index (κ3) is 4.03. The summed E-state index contributed by atoms with van der Waals surface area (Å²) in [5.41, 5.74) is 2.91. The molecule has 0 atom stereocenters. The molecule has 0 fully saturated rings. The first kappa shape index (κ1) is 18.5. The number of esters is 1. The number of nitrogens with zero attached hydrogens (tertiary/aromatic N) is 1. The Hall–Kier alpha value is -3.87. The van der Waals surface area contributed by atoms with E-state index in [1.165, 1.54) is 0 Å². The van der Waals surface area contributed by atoms with Gasteiger partial charge in [0, 0.05) is 17.0 Å². The Bertz CT molecular complexity index is 1160. The minimum atomic E-state index is -0.667. The van der Waals surface area contributed by atoms with Crippen LogP contribution in [0.2, 0.25) is 0 Å². The van der Waals surface area contributed by atoms with Crippen molar-refractivity contribution in [2.75, 3.05) is 13.2 Å². The van der Waals surface area contributed by atoms with E-state index in [9.17, 15) is 9.59 Å². The maximum absolute atomic E-state index is 12.9. The molecule has 0 amide bonds. The number of aromatic nitrogens is 2. The third-order valence-electron chi connectivity index (χ3n) is 4.36. The number of carbonyl (C=O) groups is 2. The van der Waals surface area contributed by atoms with E-state index in [1.54, 1.807) is 13.0 Å². The van der Waals surface area contributed by atoms with Crippen molar-refractivity contribution in [1.82, 2.24) is 10.1 Å². The molecule has 7 heteroatoms. The van der Waals surface area contributed by atoms with Gasteiger partial charge in [-0.15, -0.1) is 0 Å². The summed E-state index contributed by atoms with van der Waals surface area (Å²) in [6.45, 7) is 0.961. The van der Waals surface area contributed by atoms with Gasteiger partial charge in [-0.3, -0.25) is 4.79 Å². The van der Waals surface area contributed by atoms with E-state index >= 15 is 0 Å². The van der Waals surface area contributed by atoms with Crippen LogP contribution in [0.4, 0.5) is 0 Å². The maximum atomic E-state index is 12.9. The summed E-state index contributed by atoms with van der Waals surface area (Å²) in [5, 5.41) is 4.41. The van der Waals surface area contributed by atoms with Gasteiger partial charge < -0.3 is 19.0 Å². The Morgan fingerprint density at radius 2 is 1.79 bits per heavy atom. The molecule has 0 saturated heterocycles. The molecule has 2 aromatic carbocycles. The standard InChI is InChI=1S/C22H18N2O5/c1-14-11-19(24-29-14)27-13-20(26)28-12-18(25)21-16-9-5-6-10-17(16)23-22(21)15-7-3-2-4-8-15/h2-11,23H,12-13H2,1H3. The van der Waals surface area contributed by atoms with Crippen molar-refractivity contribution in [3.63, 3.8) is 0 Å². The van der Waals surface area contributed by atoms with E-state index in [1.807, 2.05) is 54.6 Å². The van der Waals surface area contributed by atoms with Gasteiger partial charge in [0.05, 0.1) is 11.3 Å². The molecule has 7 nitrogen and oxygen atoms in total. The number of carbonyl (C=O) groups excluding carboxylic acids is 2. The van der Waals surface area contributed by atoms with E-state index < -0.39 is 5.97 Å². The fraction of sp³-hybridized carbons (Fsp3) is 0.136. The maximum Gasteiger partial charge on any atom is 0.344 e. The number of hydrogen-bond donors (Lipinski definition) is 1. The van der Waals surface area contributed by atoms with Gasteiger partial charge >= 0.3 is 5.97 Å². The van der Waals surface area contributed by atoms with Crippen LogP contribution < -0.4 is 4.74 Å². The number of hydrogen-bond acceptors (Lipinski definition) is 6. The van der Waals surface area contributed by atoms with Crippen LogP contribution in [0.1, 0.15) is 16.1 Å². The average Bonchev–Trinajstić information content (AvgIpc) is 3.34. The predicted molar refractivity (Wildman–Crippen MR) is 106 cm³/mol. The highest BCUT2D eigenvalue weighted by Crippen LogP contribution is 2.30. The molecule has 2 aromatic heterocycles. The van der Waals surface area contributed by atoms with E-state index in [0.29, 0.717) is 17.0 Å². The predicted octanol–water partition coefficient (Wildman–Crippen LogP) is 3.94. The summed E-state index contributed by atoms with van der Waals surface area (Å²) < 4.78 is 15.1. The number of aromatic amines is 1. The highest BCUT2D eigenvalue weighted by atomic mass is 16.6. The number of Topliss-reactive ketones (excluding diaryl/α,β-unsaturated/α-hetero) is 1. The third-order valence-corrected chi connectivity index (χ3v) is 4.36. The van der Waals surface area contributed by atoms with Gasteiger partial charge in [0.2, 0.25) is 5.78 Å². The molecule has 29 heavy (non-hydrogen) atoms. The lowest BCUT2D eigenvalue weighted by Crippen LogP contribution is -2.19. The molecule has 0 bridgehead atoms. The van der Waals surface area contributed by atoms with Crippen LogP contribution in [0.5, 0.6) is 5.88 Å². The fourth-order valence-corrected chi connectivity index (χ4v) is 3.06. The van der Waals surface area contributed by atoms with Gasteiger partial charge in [0.15, 0.2) is 13.2 Å². The number of nitrogens with one attached hydrogen (secondary N) is 1. The highest BCUT2D eigenvalue weighted by molar-refractivity contribution is 6.14. The molecule has 0 saturated carbocycles. The van der Waals surface area contributed by atoms with Crippen LogP contribution in [0, 0.1) is 6.92 Å². The minimum absolute atomic E-state index is 0.189. The Kier molecular flexibility index (Phi) is 5.11. The molecule has 146 valence electrons. The van der Waals surface area contributed by atoms with Crippen LogP contribution in [-0.2, 0) is 9.53 Å². The first-order chi connectivity index (χ1) is 14.1. The summed E-state index contributed by atoms with van der Waals surface area (Å²) in [5.74, 6) is -0.211. The number of aryl methyl sites for hydroxylation is 1. The Balaban J connectivity index is 1.50. The molecule has 1 N–H and O–H groups in total. The molecule has 0 aliphatic heterocycles. The van der Waals surface area contributed by atoms with Crippen LogP contribution >= 0.6 is 0 Å². The number of para-hydroxylation sites is 1. The number of ketones is 1. The fourth-order valence-electron chi connectivity index (χ4n) is 3.06. The number of H-pyrrole nitrogens is 1. The molecule has 2 heterocycles. The summed E-state index contributed by atoms with van der Waals surface area (Å²) in [7, 11) is 0. The molecule has 0 unspecified atom stereocenters. The van der Waals surface area contributed by atoms with Crippen molar-refractivity contribution in [1.29, 1.82) is 0 Å².